The summed E-state index contributed by atoms with van der Waals surface area (Å²) in [4.78, 5) is 24.6. The van der Waals surface area contributed by atoms with E-state index in [4.69, 9.17) is 27.9 Å². The number of benzene rings is 1. The molecule has 1 heterocycles. The number of rotatable bonds is 6. The lowest BCUT2D eigenvalue weighted by Gasteiger charge is -2.15. The molecule has 0 spiro atoms. The maximum absolute atomic E-state index is 12.4. The molecule has 1 fully saturated rings. The van der Waals surface area contributed by atoms with E-state index >= 15 is 0 Å². The van der Waals surface area contributed by atoms with E-state index < -0.39 is 5.97 Å². The monoisotopic (exact) mass is 390 g/mol. The Hall–Kier alpha value is -0.950. The highest BCUT2D eigenvalue weighted by atomic mass is 35.5. The molecule has 5 nitrogen and oxygen atoms in total. The minimum Gasteiger partial charge on any atom is -0.440 e. The summed E-state index contributed by atoms with van der Waals surface area (Å²) in [6.07, 6.45) is 1.74. The van der Waals surface area contributed by atoms with Crippen molar-refractivity contribution in [3.8, 4) is 0 Å². The van der Waals surface area contributed by atoms with Crippen LogP contribution in [0, 0.1) is 5.92 Å². The molecule has 1 aromatic carbocycles. The smallest absolute Gasteiger partial charge is 0.342 e. The fraction of sp³-hybridized carbons (Fsp3) is 0.500. The normalized spacial score (nSPS) is 18.5. The Morgan fingerprint density at radius 3 is 2.54 bits per heavy atom. The Bertz CT molecular complexity index is 607. The van der Waals surface area contributed by atoms with Crippen LogP contribution < -0.4 is 0 Å². The Labute approximate surface area is 156 Å². The molecule has 1 aliphatic rings. The van der Waals surface area contributed by atoms with E-state index in [2.05, 4.69) is 13.8 Å². The summed E-state index contributed by atoms with van der Waals surface area (Å²) in [6.45, 7) is 4.10. The van der Waals surface area contributed by atoms with Crippen LogP contribution in [0.3, 0.4) is 0 Å². The lowest BCUT2D eigenvalue weighted by Crippen LogP contribution is -2.33. The summed E-state index contributed by atoms with van der Waals surface area (Å²) in [6, 6.07) is 4.58. The Kier molecular flexibility index (Phi) is 6.80. The number of hydrogen-bond donors (Lipinski definition) is 0. The number of halogens is 2. The third-order valence-corrected chi connectivity index (χ3v) is 5.32. The number of esters is 1. The summed E-state index contributed by atoms with van der Waals surface area (Å²) in [5.74, 6) is -0.168. The second kappa shape index (κ2) is 8.43. The van der Waals surface area contributed by atoms with Crippen molar-refractivity contribution in [2.75, 3.05) is 13.8 Å². The molecule has 1 aromatic rings. The summed E-state index contributed by atoms with van der Waals surface area (Å²) < 4.78 is 8.54. The number of likely N-dealkylation sites (N-methyl/N-ethyl adjacent to an activating group) is 1. The van der Waals surface area contributed by atoms with Gasteiger partial charge in [-0.3, -0.25) is 4.79 Å². The zero-order valence-corrected chi connectivity index (χ0v) is 16.1. The third-order valence-electron chi connectivity index (χ3n) is 3.69. The van der Waals surface area contributed by atoms with E-state index in [1.807, 2.05) is 11.4 Å². The summed E-state index contributed by atoms with van der Waals surface area (Å²) >= 11 is 13.2. The topological polar surface area (TPSA) is 49.9 Å². The number of amides is 1. The van der Waals surface area contributed by atoms with Gasteiger partial charge in [-0.1, -0.05) is 43.1 Å². The molecule has 1 atom stereocenters. The minimum absolute atomic E-state index is 0.0544. The highest BCUT2D eigenvalue weighted by Crippen LogP contribution is 2.31. The quantitative estimate of drug-likeness (QED) is 0.536. The molecule has 1 unspecified atom stereocenters. The Morgan fingerprint density at radius 2 is 1.96 bits per heavy atom. The second-order valence-corrected chi connectivity index (χ2v) is 7.98. The van der Waals surface area contributed by atoms with Crippen molar-refractivity contribution in [1.82, 2.24) is 8.61 Å². The van der Waals surface area contributed by atoms with Crippen LogP contribution in [0.15, 0.2) is 18.2 Å². The average molecular weight is 391 g/mol. The van der Waals surface area contributed by atoms with Gasteiger partial charge in [0.05, 0.1) is 15.6 Å². The van der Waals surface area contributed by atoms with Crippen LogP contribution in [0.5, 0.6) is 0 Å². The van der Waals surface area contributed by atoms with Gasteiger partial charge in [-0.25, -0.2) is 13.4 Å². The van der Waals surface area contributed by atoms with E-state index in [1.165, 1.54) is 16.4 Å². The van der Waals surface area contributed by atoms with E-state index in [1.54, 1.807) is 18.2 Å². The van der Waals surface area contributed by atoms with Crippen molar-refractivity contribution < 1.29 is 14.3 Å². The van der Waals surface area contributed by atoms with Crippen LogP contribution >= 0.6 is 35.3 Å². The first-order valence-electron chi connectivity index (χ1n) is 7.64. The molecule has 0 radical (unpaired) electrons. The number of carbonyl (C=O) groups excluding carboxylic acids is 2. The fourth-order valence-electron chi connectivity index (χ4n) is 2.34. The van der Waals surface area contributed by atoms with Crippen LogP contribution in [0.25, 0.3) is 0 Å². The van der Waals surface area contributed by atoms with Crippen molar-refractivity contribution in [3.63, 3.8) is 0 Å². The van der Waals surface area contributed by atoms with Crippen molar-refractivity contribution in [2.45, 2.75) is 32.7 Å². The minimum atomic E-state index is -0.646. The van der Waals surface area contributed by atoms with Crippen LogP contribution in [0.2, 0.25) is 10.0 Å². The molecule has 1 amide bonds. The summed E-state index contributed by atoms with van der Waals surface area (Å²) in [5, 5.41) is 0.444. The third kappa shape index (κ3) is 4.57. The lowest BCUT2D eigenvalue weighted by atomic mass is 10.0. The van der Waals surface area contributed by atoms with Gasteiger partial charge in [-0.05, 0) is 30.9 Å². The first kappa shape index (κ1) is 19.4. The van der Waals surface area contributed by atoms with Crippen LogP contribution in [-0.2, 0) is 9.53 Å². The predicted molar refractivity (Wildman–Crippen MR) is 96.8 cm³/mol. The molecular weight excluding hydrogens is 371 g/mol. The molecule has 0 aliphatic carbocycles. The van der Waals surface area contributed by atoms with Crippen molar-refractivity contribution in [2.24, 2.45) is 5.92 Å². The van der Waals surface area contributed by atoms with E-state index in [0.29, 0.717) is 5.92 Å². The van der Waals surface area contributed by atoms with Gasteiger partial charge in [0.15, 0.2) is 6.73 Å². The number of carbonyl (C=O) groups is 2. The summed E-state index contributed by atoms with van der Waals surface area (Å²) in [7, 11) is 1.86. The van der Waals surface area contributed by atoms with Crippen molar-refractivity contribution in [1.29, 1.82) is 0 Å². The Balaban J connectivity index is 1.95. The van der Waals surface area contributed by atoms with Gasteiger partial charge in [-0.15, -0.1) is 0 Å². The zero-order chi connectivity index (χ0) is 17.9. The predicted octanol–water partition coefficient (Wildman–Crippen LogP) is 4.25. The van der Waals surface area contributed by atoms with Gasteiger partial charge in [0.1, 0.15) is 6.04 Å². The first-order chi connectivity index (χ1) is 11.3. The maximum atomic E-state index is 12.4. The van der Waals surface area contributed by atoms with Gasteiger partial charge < -0.3 is 4.74 Å². The maximum Gasteiger partial charge on any atom is 0.342 e. The molecule has 0 N–H and O–H groups in total. The average Bonchev–Trinajstić information content (AvgIpc) is 2.77. The molecule has 0 bridgehead atoms. The van der Waals surface area contributed by atoms with E-state index in [-0.39, 0.29) is 34.3 Å². The lowest BCUT2D eigenvalue weighted by molar-refractivity contribution is -0.130. The van der Waals surface area contributed by atoms with Gasteiger partial charge in [0.2, 0.25) is 0 Å². The SMILES string of the molecule is CC(C)CCC1C(=O)N(COC(=O)c2c(Cl)cccc2Cl)SN1C. The number of hydrogen-bond acceptors (Lipinski definition) is 5. The van der Waals surface area contributed by atoms with Gasteiger partial charge in [0.25, 0.3) is 5.91 Å². The molecule has 1 saturated heterocycles. The number of ether oxygens (including phenoxy) is 1. The van der Waals surface area contributed by atoms with Crippen molar-refractivity contribution in [3.05, 3.63) is 33.8 Å². The van der Waals surface area contributed by atoms with Gasteiger partial charge in [0, 0.05) is 19.2 Å². The molecule has 132 valence electrons. The van der Waals surface area contributed by atoms with Crippen LogP contribution in [0.1, 0.15) is 37.0 Å². The largest absolute Gasteiger partial charge is 0.440 e. The van der Waals surface area contributed by atoms with Gasteiger partial charge >= 0.3 is 5.97 Å². The van der Waals surface area contributed by atoms with Crippen LogP contribution in [-0.4, -0.2) is 40.3 Å². The highest BCUT2D eigenvalue weighted by molar-refractivity contribution is 7.95. The molecule has 0 aromatic heterocycles. The second-order valence-electron chi connectivity index (χ2n) is 5.99. The first-order valence-corrected chi connectivity index (χ1v) is 9.13. The summed E-state index contributed by atoms with van der Waals surface area (Å²) in [5.41, 5.74) is 0.113. The molecule has 24 heavy (non-hydrogen) atoms. The van der Waals surface area contributed by atoms with E-state index in [0.717, 1.165) is 12.8 Å². The zero-order valence-electron chi connectivity index (χ0n) is 13.8. The highest BCUT2D eigenvalue weighted by Gasteiger charge is 2.38. The van der Waals surface area contributed by atoms with Crippen molar-refractivity contribution >= 4 is 47.2 Å². The molecule has 8 heteroatoms. The number of nitrogens with zero attached hydrogens (tertiary/aromatic N) is 2. The Morgan fingerprint density at radius 1 is 1.33 bits per heavy atom. The van der Waals surface area contributed by atoms with E-state index in [9.17, 15) is 9.59 Å². The van der Waals surface area contributed by atoms with Gasteiger partial charge in [-0.2, -0.15) is 0 Å². The molecule has 1 aliphatic heterocycles. The van der Waals surface area contributed by atoms with Crippen LogP contribution in [0.4, 0.5) is 0 Å². The molecule has 0 saturated carbocycles. The standard InChI is InChI=1S/C16H20Cl2N2O3S/c1-10(2)7-8-13-15(21)20(24-19(13)3)9-23-16(22)14-11(17)5-4-6-12(14)18/h4-6,10,13H,7-9H2,1-3H3. The molecular formula is C16H20Cl2N2O3S. The fourth-order valence-corrected chi connectivity index (χ4v) is 3.81. The molecule has 2 rings (SSSR count).